The number of nitrogens with zero attached hydrogens (tertiary/aromatic N) is 2. The van der Waals surface area contributed by atoms with Gasteiger partial charge in [-0.15, -0.1) is 0 Å². The Labute approximate surface area is 173 Å². The Bertz CT molecular complexity index is 892. The fraction of sp³-hybridized carbons (Fsp3) is 0.450. The first-order chi connectivity index (χ1) is 14.0. The van der Waals surface area contributed by atoms with Crippen LogP contribution < -0.4 is 10.1 Å². The van der Waals surface area contributed by atoms with E-state index in [1.165, 1.54) is 13.1 Å². The van der Waals surface area contributed by atoms with Crippen molar-refractivity contribution in [1.29, 1.82) is 0 Å². The van der Waals surface area contributed by atoms with E-state index >= 15 is 0 Å². The van der Waals surface area contributed by atoms with Gasteiger partial charge in [-0.3, -0.25) is 4.79 Å². The molecule has 4 rings (SSSR count). The van der Waals surface area contributed by atoms with Crippen molar-refractivity contribution >= 4 is 23.6 Å². The number of nitrogens with one attached hydrogen (secondary N) is 1. The smallest absolute Gasteiger partial charge is 0.410 e. The van der Waals surface area contributed by atoms with Gasteiger partial charge >= 0.3 is 6.09 Å². The molecule has 1 saturated carbocycles. The summed E-state index contributed by atoms with van der Waals surface area (Å²) in [6.45, 7) is 1.26. The van der Waals surface area contributed by atoms with E-state index in [2.05, 4.69) is 10.5 Å². The SMILES string of the molecule is CNC(=O)c1cc(COC(=O)N2CCC3(CC(Oc4ccc(Cl)cc4)C3)C2)on1. The van der Waals surface area contributed by atoms with Crippen LogP contribution in [0, 0.1) is 5.41 Å². The summed E-state index contributed by atoms with van der Waals surface area (Å²) in [6.07, 6.45) is 2.53. The molecule has 2 aromatic rings. The predicted octanol–water partition coefficient (Wildman–Crippen LogP) is 3.26. The summed E-state index contributed by atoms with van der Waals surface area (Å²) in [5.41, 5.74) is 0.259. The zero-order chi connectivity index (χ0) is 20.4. The van der Waals surface area contributed by atoms with Crippen LogP contribution in [0.25, 0.3) is 0 Å². The van der Waals surface area contributed by atoms with E-state index in [-0.39, 0.29) is 35.8 Å². The fourth-order valence-corrected chi connectivity index (χ4v) is 4.09. The Morgan fingerprint density at radius 2 is 2.10 bits per heavy atom. The van der Waals surface area contributed by atoms with E-state index in [0.29, 0.717) is 23.9 Å². The van der Waals surface area contributed by atoms with Crippen molar-refractivity contribution in [3.05, 3.63) is 46.8 Å². The first kappa shape index (κ1) is 19.6. The van der Waals surface area contributed by atoms with E-state index in [9.17, 15) is 9.59 Å². The molecule has 1 saturated heterocycles. The van der Waals surface area contributed by atoms with Gasteiger partial charge in [0.15, 0.2) is 18.1 Å². The van der Waals surface area contributed by atoms with Crippen molar-refractivity contribution < 1.29 is 23.6 Å². The summed E-state index contributed by atoms with van der Waals surface area (Å²) >= 11 is 5.89. The molecule has 1 N–H and O–H groups in total. The number of benzene rings is 1. The van der Waals surface area contributed by atoms with Crippen LogP contribution in [-0.4, -0.2) is 48.3 Å². The molecule has 2 fully saturated rings. The van der Waals surface area contributed by atoms with Gasteiger partial charge in [0.05, 0.1) is 6.10 Å². The van der Waals surface area contributed by atoms with E-state index in [4.69, 9.17) is 25.6 Å². The highest BCUT2D eigenvalue weighted by molar-refractivity contribution is 6.30. The highest BCUT2D eigenvalue weighted by atomic mass is 35.5. The normalized spacial score (nSPS) is 23.0. The molecule has 0 bridgehead atoms. The van der Waals surface area contributed by atoms with Gasteiger partial charge in [0, 0.05) is 31.2 Å². The number of rotatable bonds is 5. The number of likely N-dealkylation sites (tertiary alicyclic amines) is 1. The second-order valence-electron chi connectivity index (χ2n) is 7.59. The van der Waals surface area contributed by atoms with Gasteiger partial charge in [-0.2, -0.15) is 0 Å². The molecule has 0 radical (unpaired) electrons. The van der Waals surface area contributed by atoms with Gasteiger partial charge in [-0.1, -0.05) is 16.8 Å². The van der Waals surface area contributed by atoms with E-state index in [0.717, 1.165) is 25.0 Å². The highest BCUT2D eigenvalue weighted by Crippen LogP contribution is 2.49. The number of hydrogen-bond acceptors (Lipinski definition) is 6. The zero-order valence-corrected chi connectivity index (χ0v) is 16.8. The Hall–Kier alpha value is -2.74. The molecule has 0 atom stereocenters. The van der Waals surface area contributed by atoms with Gasteiger partial charge in [0.2, 0.25) is 0 Å². The maximum atomic E-state index is 12.4. The largest absolute Gasteiger partial charge is 0.490 e. The molecule has 1 aromatic heterocycles. The van der Waals surface area contributed by atoms with Gasteiger partial charge in [-0.05, 0) is 48.9 Å². The molecule has 0 unspecified atom stereocenters. The molecular formula is C20H22ClN3O5. The Kier molecular flexibility index (Phi) is 5.36. The molecule has 2 heterocycles. The van der Waals surface area contributed by atoms with Gasteiger partial charge in [0.1, 0.15) is 5.75 Å². The first-order valence-electron chi connectivity index (χ1n) is 9.48. The number of halogens is 1. The van der Waals surface area contributed by atoms with E-state index in [1.54, 1.807) is 4.90 Å². The predicted molar refractivity (Wildman–Crippen MR) is 104 cm³/mol. The summed E-state index contributed by atoms with van der Waals surface area (Å²) in [5, 5.41) is 6.78. The Morgan fingerprint density at radius 3 is 2.83 bits per heavy atom. The fourth-order valence-electron chi connectivity index (χ4n) is 3.96. The third-order valence-electron chi connectivity index (χ3n) is 5.49. The van der Waals surface area contributed by atoms with E-state index in [1.807, 2.05) is 24.3 Å². The van der Waals surface area contributed by atoms with Crippen molar-refractivity contribution in [2.45, 2.75) is 32.0 Å². The van der Waals surface area contributed by atoms with Crippen molar-refractivity contribution in [2.75, 3.05) is 20.1 Å². The molecule has 1 spiro atoms. The molecule has 2 aliphatic rings. The summed E-state index contributed by atoms with van der Waals surface area (Å²) in [5.74, 6) is 0.783. The minimum absolute atomic E-state index is 0.0609. The number of carbonyl (C=O) groups excluding carboxylic acids is 2. The number of amides is 2. The van der Waals surface area contributed by atoms with Crippen LogP contribution in [0.2, 0.25) is 5.02 Å². The van der Waals surface area contributed by atoms with Crippen LogP contribution >= 0.6 is 11.6 Å². The number of carbonyl (C=O) groups is 2. The lowest BCUT2D eigenvalue weighted by Gasteiger charge is -2.44. The monoisotopic (exact) mass is 419 g/mol. The van der Waals surface area contributed by atoms with Crippen molar-refractivity contribution in [1.82, 2.24) is 15.4 Å². The lowest BCUT2D eigenvalue weighted by Crippen LogP contribution is -2.46. The van der Waals surface area contributed by atoms with Gasteiger partial charge in [0.25, 0.3) is 5.91 Å². The second-order valence-corrected chi connectivity index (χ2v) is 8.02. The average molecular weight is 420 g/mol. The van der Waals surface area contributed by atoms with Crippen LogP contribution in [-0.2, 0) is 11.3 Å². The highest BCUT2D eigenvalue weighted by Gasteiger charge is 2.50. The van der Waals surface area contributed by atoms with E-state index < -0.39 is 0 Å². The quantitative estimate of drug-likeness (QED) is 0.799. The summed E-state index contributed by atoms with van der Waals surface area (Å²) in [4.78, 5) is 25.6. The molecular weight excluding hydrogens is 398 g/mol. The number of hydrogen-bond donors (Lipinski definition) is 1. The number of ether oxygens (including phenoxy) is 2. The zero-order valence-electron chi connectivity index (χ0n) is 16.0. The summed E-state index contributed by atoms with van der Waals surface area (Å²) in [7, 11) is 1.51. The van der Waals surface area contributed by atoms with Gasteiger partial charge in [-0.25, -0.2) is 4.79 Å². The van der Waals surface area contributed by atoms with Gasteiger partial charge < -0.3 is 24.2 Å². The summed E-state index contributed by atoms with van der Waals surface area (Å²) < 4.78 is 16.3. The molecule has 9 heteroatoms. The average Bonchev–Trinajstić information content (AvgIpc) is 3.35. The second kappa shape index (κ2) is 7.94. The van der Waals surface area contributed by atoms with Crippen molar-refractivity contribution in [3.8, 4) is 5.75 Å². The molecule has 2 amide bonds. The van der Waals surface area contributed by atoms with Crippen molar-refractivity contribution in [2.24, 2.45) is 5.41 Å². The van der Waals surface area contributed by atoms with Crippen LogP contribution in [0.4, 0.5) is 4.79 Å². The van der Waals surface area contributed by atoms with Crippen LogP contribution in [0.3, 0.4) is 0 Å². The maximum Gasteiger partial charge on any atom is 0.410 e. The standard InChI is InChI=1S/C20H22ClN3O5/c1-22-18(25)17-8-15(29-23-17)11-27-19(26)24-7-6-20(12-24)9-16(10-20)28-14-4-2-13(21)3-5-14/h2-5,8,16H,6-7,9-12H2,1H3,(H,22,25). The molecule has 8 nitrogen and oxygen atoms in total. The molecule has 1 aliphatic heterocycles. The molecule has 29 heavy (non-hydrogen) atoms. The summed E-state index contributed by atoms with van der Waals surface area (Å²) in [6, 6.07) is 8.81. The third kappa shape index (κ3) is 4.32. The lowest BCUT2D eigenvalue weighted by molar-refractivity contribution is -0.00876. The molecule has 1 aliphatic carbocycles. The first-order valence-corrected chi connectivity index (χ1v) is 9.86. The van der Waals surface area contributed by atoms with Crippen molar-refractivity contribution in [3.63, 3.8) is 0 Å². The Morgan fingerprint density at radius 1 is 1.34 bits per heavy atom. The Balaban J connectivity index is 1.22. The van der Waals surface area contributed by atoms with Crippen LogP contribution in [0.5, 0.6) is 5.75 Å². The maximum absolute atomic E-state index is 12.4. The lowest BCUT2D eigenvalue weighted by atomic mass is 9.66. The molecule has 1 aromatic carbocycles. The minimum atomic E-state index is -0.387. The van der Waals surface area contributed by atoms with Crippen LogP contribution in [0.15, 0.2) is 34.9 Å². The number of aromatic nitrogens is 1. The topological polar surface area (TPSA) is 93.9 Å². The minimum Gasteiger partial charge on any atom is -0.490 e. The third-order valence-corrected chi connectivity index (χ3v) is 5.74. The van der Waals surface area contributed by atoms with Crippen LogP contribution in [0.1, 0.15) is 35.5 Å². The molecule has 154 valence electrons.